The van der Waals surface area contributed by atoms with Gasteiger partial charge in [-0.3, -0.25) is 4.99 Å². The number of rotatable bonds is 3. The maximum atomic E-state index is 9.73. The molecule has 1 unspecified atom stereocenters. The molecule has 3 aromatic carbocycles. The standard InChI is InChI=1S/C16H15N3.C10H15NO.ClH/c17-16-18-10-15-13-7-3-1-5-11(13)9-12-6-2-4-8-14(12)19(15)16;1-8(11-2)10(12)9-6-4-3-5-7-9;/h1-8,15H,9-10H2,(H2,17,18);3-8,10-12H,1-2H3;1H/t;8-,10-;/m.0./s1. The molecule has 0 spiro atoms. The predicted molar refractivity (Wildman–Crippen MR) is 135 cm³/mol. The number of benzene rings is 3. The molecule has 0 saturated heterocycles. The van der Waals surface area contributed by atoms with Gasteiger partial charge >= 0.3 is 0 Å². The Bertz CT molecular complexity index is 1060. The molecule has 2 heterocycles. The van der Waals surface area contributed by atoms with Crippen LogP contribution >= 0.6 is 12.4 Å². The summed E-state index contributed by atoms with van der Waals surface area (Å²) in [6.07, 6.45) is 0.545. The Kier molecular flexibility index (Phi) is 7.91. The summed E-state index contributed by atoms with van der Waals surface area (Å²) in [6.45, 7) is 2.70. The average molecular weight is 451 g/mol. The highest BCUT2D eigenvalue weighted by molar-refractivity contribution is 5.98. The van der Waals surface area contributed by atoms with E-state index in [-0.39, 0.29) is 24.5 Å². The van der Waals surface area contributed by atoms with Crippen molar-refractivity contribution in [2.45, 2.75) is 31.5 Å². The smallest absolute Gasteiger partial charge is 0.196 e. The van der Waals surface area contributed by atoms with Gasteiger partial charge in [0.2, 0.25) is 0 Å². The van der Waals surface area contributed by atoms with Crippen molar-refractivity contribution in [2.75, 3.05) is 18.5 Å². The number of aliphatic imine (C=N–C) groups is 1. The molecule has 32 heavy (non-hydrogen) atoms. The fourth-order valence-electron chi connectivity index (χ4n) is 4.24. The maximum absolute atomic E-state index is 9.73. The number of aliphatic hydroxyl groups is 1. The predicted octanol–water partition coefficient (Wildman–Crippen LogP) is 4.22. The van der Waals surface area contributed by atoms with Crippen LogP contribution in [0.15, 0.2) is 83.9 Å². The van der Waals surface area contributed by atoms with Gasteiger partial charge in [-0.15, -0.1) is 12.4 Å². The third kappa shape index (κ3) is 4.80. The molecule has 4 N–H and O–H groups in total. The Morgan fingerprint density at radius 2 is 1.59 bits per heavy atom. The molecule has 0 aromatic heterocycles. The lowest BCUT2D eigenvalue weighted by molar-refractivity contribution is 0.140. The van der Waals surface area contributed by atoms with Crippen LogP contribution in [0.25, 0.3) is 0 Å². The minimum Gasteiger partial charge on any atom is -0.387 e. The monoisotopic (exact) mass is 450 g/mol. The third-order valence-corrected chi connectivity index (χ3v) is 6.10. The van der Waals surface area contributed by atoms with Gasteiger partial charge in [0.15, 0.2) is 5.96 Å². The van der Waals surface area contributed by atoms with Crippen molar-refractivity contribution >= 4 is 24.1 Å². The van der Waals surface area contributed by atoms with Crippen LogP contribution in [0, 0.1) is 0 Å². The van der Waals surface area contributed by atoms with Crippen LogP contribution in [0.4, 0.5) is 5.69 Å². The van der Waals surface area contributed by atoms with Crippen LogP contribution in [-0.2, 0) is 6.42 Å². The number of para-hydroxylation sites is 1. The molecule has 3 aromatic rings. The van der Waals surface area contributed by atoms with E-state index in [0.29, 0.717) is 5.96 Å². The number of hydrogen-bond acceptors (Lipinski definition) is 5. The molecule has 2 aliphatic rings. The summed E-state index contributed by atoms with van der Waals surface area (Å²) >= 11 is 0. The number of nitrogens with zero attached hydrogens (tertiary/aromatic N) is 2. The van der Waals surface area contributed by atoms with Crippen LogP contribution in [0.2, 0.25) is 0 Å². The Balaban J connectivity index is 0.000000195. The van der Waals surface area contributed by atoms with Gasteiger partial charge in [0.1, 0.15) is 0 Å². The summed E-state index contributed by atoms with van der Waals surface area (Å²) < 4.78 is 0. The second-order valence-electron chi connectivity index (χ2n) is 8.02. The summed E-state index contributed by atoms with van der Waals surface area (Å²) in [5, 5.41) is 12.7. The van der Waals surface area contributed by atoms with Crippen LogP contribution in [0.3, 0.4) is 0 Å². The minimum atomic E-state index is -0.420. The normalized spacial score (nSPS) is 17.8. The van der Waals surface area contributed by atoms with Crippen molar-refractivity contribution in [3.63, 3.8) is 0 Å². The number of guanidine groups is 1. The second-order valence-corrected chi connectivity index (χ2v) is 8.02. The Morgan fingerprint density at radius 3 is 2.31 bits per heavy atom. The highest BCUT2D eigenvalue weighted by Gasteiger charge is 2.33. The molecule has 0 aliphatic carbocycles. The van der Waals surface area contributed by atoms with Gasteiger partial charge in [-0.1, -0.05) is 72.8 Å². The van der Waals surface area contributed by atoms with E-state index in [2.05, 4.69) is 63.7 Å². The molecule has 3 atom stereocenters. The zero-order chi connectivity index (χ0) is 21.8. The molecule has 0 fully saturated rings. The molecule has 5 nitrogen and oxygen atoms in total. The lowest BCUT2D eigenvalue weighted by Gasteiger charge is -2.26. The summed E-state index contributed by atoms with van der Waals surface area (Å²) in [5.41, 5.74) is 12.3. The molecular weight excluding hydrogens is 420 g/mol. The van der Waals surface area contributed by atoms with Crippen LogP contribution in [0.5, 0.6) is 0 Å². The van der Waals surface area contributed by atoms with E-state index < -0.39 is 6.10 Å². The lowest BCUT2D eigenvalue weighted by atomic mass is 9.97. The van der Waals surface area contributed by atoms with Gasteiger partial charge in [0.05, 0.1) is 18.7 Å². The first-order valence-corrected chi connectivity index (χ1v) is 10.7. The van der Waals surface area contributed by atoms with E-state index in [1.54, 1.807) is 0 Å². The van der Waals surface area contributed by atoms with E-state index in [1.165, 1.54) is 22.4 Å². The number of likely N-dealkylation sites (N-methyl/N-ethyl adjacent to an activating group) is 1. The maximum Gasteiger partial charge on any atom is 0.196 e. The third-order valence-electron chi connectivity index (χ3n) is 6.10. The van der Waals surface area contributed by atoms with Gasteiger partial charge in [-0.2, -0.15) is 0 Å². The van der Waals surface area contributed by atoms with Crippen molar-refractivity contribution in [3.05, 3.63) is 101 Å². The molecule has 0 bridgehead atoms. The van der Waals surface area contributed by atoms with Crippen molar-refractivity contribution in [3.8, 4) is 0 Å². The SMILES string of the molecule is CN[C@@H](C)[C@H](O)c1ccccc1.Cl.NC1=NCC2c3ccccc3Cc3ccccc3N12. The van der Waals surface area contributed by atoms with Crippen molar-refractivity contribution in [1.82, 2.24) is 5.32 Å². The van der Waals surface area contributed by atoms with Crippen molar-refractivity contribution < 1.29 is 5.11 Å². The van der Waals surface area contributed by atoms with Crippen LogP contribution in [0.1, 0.15) is 41.3 Å². The summed E-state index contributed by atoms with van der Waals surface area (Å²) in [7, 11) is 1.84. The molecule has 0 radical (unpaired) electrons. The van der Waals surface area contributed by atoms with Crippen LogP contribution in [-0.4, -0.2) is 30.7 Å². The van der Waals surface area contributed by atoms with Gasteiger partial charge in [0.25, 0.3) is 0 Å². The molecule has 168 valence electrons. The molecule has 2 aliphatic heterocycles. The van der Waals surface area contributed by atoms with Crippen LogP contribution < -0.4 is 16.0 Å². The van der Waals surface area contributed by atoms with E-state index in [0.717, 1.165) is 18.5 Å². The first-order valence-electron chi connectivity index (χ1n) is 10.7. The van der Waals surface area contributed by atoms with E-state index in [1.807, 2.05) is 44.3 Å². The van der Waals surface area contributed by atoms with Gasteiger partial charge in [-0.25, -0.2) is 0 Å². The molecular formula is C26H31ClN4O. The zero-order valence-electron chi connectivity index (χ0n) is 18.5. The average Bonchev–Trinajstić information content (AvgIpc) is 3.13. The number of fused-ring (bicyclic) bond motifs is 5. The topological polar surface area (TPSA) is 73.9 Å². The zero-order valence-corrected chi connectivity index (χ0v) is 19.3. The summed E-state index contributed by atoms with van der Waals surface area (Å²) in [5.74, 6) is 0.633. The first-order chi connectivity index (χ1) is 15.1. The van der Waals surface area contributed by atoms with Gasteiger partial charge in [-0.05, 0) is 48.7 Å². The van der Waals surface area contributed by atoms with Crippen molar-refractivity contribution in [1.29, 1.82) is 0 Å². The Hall–Kier alpha value is -2.86. The molecule has 0 amide bonds. The quantitative estimate of drug-likeness (QED) is 0.558. The molecule has 6 heteroatoms. The summed E-state index contributed by atoms with van der Waals surface area (Å²) in [6, 6.07) is 27.1. The highest BCUT2D eigenvalue weighted by Crippen LogP contribution is 2.39. The van der Waals surface area contributed by atoms with E-state index >= 15 is 0 Å². The number of hydrogen-bond donors (Lipinski definition) is 3. The second kappa shape index (κ2) is 10.6. The first kappa shape index (κ1) is 23.8. The lowest BCUT2D eigenvalue weighted by Crippen LogP contribution is -2.36. The van der Waals surface area contributed by atoms with Gasteiger partial charge < -0.3 is 21.1 Å². The van der Waals surface area contributed by atoms with E-state index in [9.17, 15) is 5.11 Å². The van der Waals surface area contributed by atoms with Crippen molar-refractivity contribution in [2.24, 2.45) is 10.7 Å². The number of aliphatic hydroxyl groups excluding tert-OH is 1. The number of anilines is 1. The fraction of sp³-hybridized carbons (Fsp3) is 0.269. The fourth-order valence-corrected chi connectivity index (χ4v) is 4.24. The van der Waals surface area contributed by atoms with E-state index in [4.69, 9.17) is 5.73 Å². The molecule has 0 saturated carbocycles. The Labute approximate surface area is 196 Å². The minimum absolute atomic E-state index is 0. The largest absolute Gasteiger partial charge is 0.387 e. The number of nitrogens with one attached hydrogen (secondary N) is 1. The number of nitrogens with two attached hydrogens (primary N) is 1. The summed E-state index contributed by atoms with van der Waals surface area (Å²) in [4.78, 5) is 6.62. The number of halogens is 1. The highest BCUT2D eigenvalue weighted by atomic mass is 35.5. The molecule has 5 rings (SSSR count). The Morgan fingerprint density at radius 1 is 0.969 bits per heavy atom. The van der Waals surface area contributed by atoms with Gasteiger partial charge in [0, 0.05) is 11.7 Å².